The molecule has 2 aromatic rings. The lowest BCUT2D eigenvalue weighted by molar-refractivity contribution is -0.124. The number of hydrogen-bond acceptors (Lipinski definition) is 5. The molecule has 8 heteroatoms. The van der Waals surface area contributed by atoms with Crippen LogP contribution in [0.3, 0.4) is 0 Å². The van der Waals surface area contributed by atoms with Crippen molar-refractivity contribution in [1.29, 1.82) is 0 Å². The zero-order valence-electron chi connectivity index (χ0n) is 18.9. The van der Waals surface area contributed by atoms with Crippen molar-refractivity contribution in [3.63, 3.8) is 0 Å². The number of sulfonamides is 1. The normalized spacial score (nSPS) is 22.8. The number of nitrogens with zero attached hydrogens (tertiary/aromatic N) is 2. The average Bonchev–Trinajstić information content (AvgIpc) is 3.43. The molecular formula is C24H33N3O3S2. The average molecular weight is 476 g/mol. The zero-order chi connectivity index (χ0) is 22.7. The van der Waals surface area contributed by atoms with Gasteiger partial charge in [0.1, 0.15) is 10.3 Å². The molecule has 174 valence electrons. The van der Waals surface area contributed by atoms with Crippen molar-refractivity contribution in [3.8, 4) is 0 Å². The summed E-state index contributed by atoms with van der Waals surface area (Å²) in [5.74, 6) is 0.548. The van der Waals surface area contributed by atoms with Crippen LogP contribution in [0.1, 0.15) is 48.6 Å². The van der Waals surface area contributed by atoms with Gasteiger partial charge in [0.15, 0.2) is 0 Å². The minimum atomic E-state index is -3.63. The van der Waals surface area contributed by atoms with E-state index in [1.54, 1.807) is 12.1 Å². The molecule has 0 radical (unpaired) electrons. The van der Waals surface area contributed by atoms with Gasteiger partial charge in [-0.15, -0.1) is 11.3 Å². The van der Waals surface area contributed by atoms with Crippen LogP contribution in [0, 0.1) is 12.8 Å². The van der Waals surface area contributed by atoms with Crippen molar-refractivity contribution in [1.82, 2.24) is 14.5 Å². The van der Waals surface area contributed by atoms with Crippen LogP contribution in [0.15, 0.2) is 40.6 Å². The molecule has 2 unspecified atom stereocenters. The summed E-state index contributed by atoms with van der Waals surface area (Å²) in [5, 5.41) is 2.95. The number of carbonyl (C=O) groups is 1. The topological polar surface area (TPSA) is 69.7 Å². The summed E-state index contributed by atoms with van der Waals surface area (Å²) in [6.45, 7) is 8.28. The van der Waals surface area contributed by atoms with Gasteiger partial charge in [-0.25, -0.2) is 8.42 Å². The molecule has 2 atom stereocenters. The summed E-state index contributed by atoms with van der Waals surface area (Å²) >= 11 is 1.25. The molecule has 0 spiro atoms. The first kappa shape index (κ1) is 23.4. The number of nitrogens with one attached hydrogen (secondary N) is 1. The van der Waals surface area contributed by atoms with E-state index in [1.165, 1.54) is 34.0 Å². The van der Waals surface area contributed by atoms with Gasteiger partial charge >= 0.3 is 0 Å². The molecule has 1 aromatic carbocycles. The summed E-state index contributed by atoms with van der Waals surface area (Å²) in [6.07, 6.45) is 3.85. The highest BCUT2D eigenvalue weighted by molar-refractivity contribution is 7.91. The van der Waals surface area contributed by atoms with E-state index in [9.17, 15) is 13.2 Å². The van der Waals surface area contributed by atoms with E-state index < -0.39 is 16.1 Å². The molecule has 1 aromatic heterocycles. The van der Waals surface area contributed by atoms with Gasteiger partial charge in [0.25, 0.3) is 10.0 Å². The van der Waals surface area contributed by atoms with Crippen LogP contribution < -0.4 is 5.32 Å². The molecule has 0 aliphatic carbocycles. The van der Waals surface area contributed by atoms with Gasteiger partial charge in [-0.1, -0.05) is 31.2 Å². The van der Waals surface area contributed by atoms with Crippen molar-refractivity contribution < 1.29 is 13.2 Å². The summed E-state index contributed by atoms with van der Waals surface area (Å²) < 4.78 is 27.7. The first-order valence-electron chi connectivity index (χ1n) is 11.5. The van der Waals surface area contributed by atoms with Gasteiger partial charge in [0, 0.05) is 31.1 Å². The Morgan fingerprint density at radius 1 is 1.06 bits per heavy atom. The van der Waals surface area contributed by atoms with E-state index >= 15 is 0 Å². The molecule has 3 heterocycles. The predicted octanol–water partition coefficient (Wildman–Crippen LogP) is 3.76. The molecule has 0 bridgehead atoms. The van der Waals surface area contributed by atoms with Gasteiger partial charge in [-0.3, -0.25) is 9.69 Å². The molecule has 2 aliphatic heterocycles. The Kier molecular flexibility index (Phi) is 7.34. The third-order valence-electron chi connectivity index (χ3n) is 6.42. The summed E-state index contributed by atoms with van der Waals surface area (Å²) in [6, 6.07) is 11.2. The van der Waals surface area contributed by atoms with Gasteiger partial charge < -0.3 is 5.32 Å². The Morgan fingerprint density at radius 2 is 1.78 bits per heavy atom. The van der Waals surface area contributed by atoms with Crippen molar-refractivity contribution in [2.75, 3.05) is 19.6 Å². The molecule has 1 amide bonds. The standard InChI is InChI=1S/C24H33N3O3S2/c1-18-5-3-13-26(16-18)17-21-10-8-20(9-11-21)15-25-24(28)22-6-4-14-27(22)32(29,30)23-12-7-19(2)31-23/h7-12,18,22H,3-6,13-17H2,1-2H3,(H,25,28). The Balaban J connectivity index is 1.33. The van der Waals surface area contributed by atoms with E-state index in [0.717, 1.165) is 36.0 Å². The number of amides is 1. The Morgan fingerprint density at radius 3 is 2.47 bits per heavy atom. The van der Waals surface area contributed by atoms with Crippen molar-refractivity contribution in [2.24, 2.45) is 5.92 Å². The fraction of sp³-hybridized carbons (Fsp3) is 0.542. The lowest BCUT2D eigenvalue weighted by Gasteiger charge is -2.30. The van der Waals surface area contributed by atoms with E-state index in [4.69, 9.17) is 0 Å². The van der Waals surface area contributed by atoms with Crippen LogP contribution in [0.2, 0.25) is 0 Å². The zero-order valence-corrected chi connectivity index (χ0v) is 20.6. The first-order valence-corrected chi connectivity index (χ1v) is 13.7. The SMILES string of the molecule is Cc1ccc(S(=O)(=O)N2CCCC2C(=O)NCc2ccc(CN3CCCC(C)C3)cc2)s1. The molecule has 2 saturated heterocycles. The maximum Gasteiger partial charge on any atom is 0.253 e. The molecule has 2 fully saturated rings. The quantitative estimate of drug-likeness (QED) is 0.662. The molecule has 2 aliphatic rings. The Hall–Kier alpha value is -1.74. The highest BCUT2D eigenvalue weighted by atomic mass is 32.2. The Bertz CT molecular complexity index is 1030. The smallest absolute Gasteiger partial charge is 0.253 e. The van der Waals surface area contributed by atoms with Crippen molar-refractivity contribution in [3.05, 3.63) is 52.4 Å². The van der Waals surface area contributed by atoms with Gasteiger partial charge in [0.2, 0.25) is 5.91 Å². The number of hydrogen-bond donors (Lipinski definition) is 1. The number of aryl methyl sites for hydroxylation is 1. The summed E-state index contributed by atoms with van der Waals surface area (Å²) in [4.78, 5) is 16.3. The molecule has 0 saturated carbocycles. The first-order chi connectivity index (χ1) is 15.3. The maximum atomic E-state index is 13.0. The van der Waals surface area contributed by atoms with Crippen LogP contribution in [0.5, 0.6) is 0 Å². The van der Waals surface area contributed by atoms with Crippen LogP contribution >= 0.6 is 11.3 Å². The van der Waals surface area contributed by atoms with Gasteiger partial charge in [0.05, 0.1) is 0 Å². The van der Waals surface area contributed by atoms with E-state index in [1.807, 2.05) is 6.92 Å². The summed E-state index contributed by atoms with van der Waals surface area (Å²) in [5.41, 5.74) is 2.31. The van der Waals surface area contributed by atoms with E-state index in [-0.39, 0.29) is 5.91 Å². The monoisotopic (exact) mass is 475 g/mol. The van der Waals surface area contributed by atoms with Crippen LogP contribution in [0.25, 0.3) is 0 Å². The number of piperidine rings is 1. The third kappa shape index (κ3) is 5.42. The van der Waals surface area contributed by atoms with Gasteiger partial charge in [-0.2, -0.15) is 4.31 Å². The molecule has 4 rings (SSSR count). The van der Waals surface area contributed by atoms with Gasteiger partial charge in [-0.05, 0) is 68.3 Å². The molecule has 32 heavy (non-hydrogen) atoms. The fourth-order valence-corrected chi connectivity index (χ4v) is 7.78. The molecule has 6 nitrogen and oxygen atoms in total. The lowest BCUT2D eigenvalue weighted by atomic mass is 9.99. The molecule has 1 N–H and O–H groups in total. The minimum Gasteiger partial charge on any atom is -0.351 e. The highest BCUT2D eigenvalue weighted by Crippen LogP contribution is 2.30. The van der Waals surface area contributed by atoms with Crippen LogP contribution in [-0.4, -0.2) is 49.2 Å². The van der Waals surface area contributed by atoms with Crippen LogP contribution in [0.4, 0.5) is 0 Å². The fourth-order valence-electron chi connectivity index (χ4n) is 4.71. The number of carbonyl (C=O) groups excluding carboxylic acids is 1. The second-order valence-corrected chi connectivity index (χ2v) is 12.6. The number of rotatable bonds is 7. The third-order valence-corrected chi connectivity index (χ3v) is 9.80. The molecular weight excluding hydrogens is 442 g/mol. The Labute approximate surface area is 195 Å². The highest BCUT2D eigenvalue weighted by Gasteiger charge is 2.39. The van der Waals surface area contributed by atoms with E-state index in [2.05, 4.69) is 41.4 Å². The maximum absolute atomic E-state index is 13.0. The number of benzene rings is 1. The number of likely N-dealkylation sites (tertiary alicyclic amines) is 1. The minimum absolute atomic E-state index is 0.217. The lowest BCUT2D eigenvalue weighted by Crippen LogP contribution is -2.45. The summed E-state index contributed by atoms with van der Waals surface area (Å²) in [7, 11) is -3.63. The largest absolute Gasteiger partial charge is 0.351 e. The van der Waals surface area contributed by atoms with Crippen molar-refractivity contribution in [2.45, 2.75) is 62.9 Å². The van der Waals surface area contributed by atoms with Crippen LogP contribution in [-0.2, 0) is 27.9 Å². The second kappa shape index (κ2) is 10.0. The van der Waals surface area contributed by atoms with Crippen molar-refractivity contribution >= 4 is 27.3 Å². The number of thiophene rings is 1. The second-order valence-electron chi connectivity index (χ2n) is 9.16. The predicted molar refractivity (Wildman–Crippen MR) is 128 cm³/mol. The van der Waals surface area contributed by atoms with E-state index in [0.29, 0.717) is 30.1 Å².